The van der Waals surface area contributed by atoms with Crippen LogP contribution in [0.5, 0.6) is 5.75 Å². The quantitative estimate of drug-likeness (QED) is 0.373. The highest BCUT2D eigenvalue weighted by atomic mass is 35.5. The molecule has 9 heteroatoms. The van der Waals surface area contributed by atoms with Crippen molar-refractivity contribution in [1.82, 2.24) is 14.5 Å². The van der Waals surface area contributed by atoms with Crippen LogP contribution in [0.3, 0.4) is 0 Å². The molecule has 4 rings (SSSR count). The number of anilines is 2. The summed E-state index contributed by atoms with van der Waals surface area (Å²) in [6.07, 6.45) is 3.20. The molecule has 32 heavy (non-hydrogen) atoms. The number of carbonyl (C=O) groups is 1. The maximum absolute atomic E-state index is 13.3. The smallest absolute Gasteiger partial charge is 0.325 e. The summed E-state index contributed by atoms with van der Waals surface area (Å²) in [6.45, 7) is 2.31. The fourth-order valence-electron chi connectivity index (χ4n) is 3.22. The van der Waals surface area contributed by atoms with E-state index in [0.717, 1.165) is 0 Å². The zero-order valence-electron chi connectivity index (χ0n) is 17.2. The molecule has 1 N–H and O–H groups in total. The molecule has 2 aromatic carbocycles. The van der Waals surface area contributed by atoms with E-state index >= 15 is 0 Å². The lowest BCUT2D eigenvalue weighted by Crippen LogP contribution is -2.13. The van der Waals surface area contributed by atoms with Gasteiger partial charge in [-0.25, -0.2) is 14.4 Å². The number of carbonyl (C=O) groups excluding carboxylic acids is 1. The van der Waals surface area contributed by atoms with Gasteiger partial charge in [0.2, 0.25) is 0 Å². The maximum atomic E-state index is 13.3. The SMILES string of the molecule is CCOC(=O)Cn1ccc2ncnc(Nc3ccc(OCc4cccc(F)c4)c(Cl)c3)c21. The van der Waals surface area contributed by atoms with Crippen LogP contribution in [0.2, 0.25) is 5.02 Å². The molecule has 4 aromatic rings. The van der Waals surface area contributed by atoms with Gasteiger partial charge in [0.05, 0.1) is 17.1 Å². The van der Waals surface area contributed by atoms with Crippen LogP contribution in [0.4, 0.5) is 15.9 Å². The minimum atomic E-state index is -0.345. The van der Waals surface area contributed by atoms with Gasteiger partial charge in [-0.1, -0.05) is 23.7 Å². The first-order chi connectivity index (χ1) is 15.5. The average Bonchev–Trinajstić information content (AvgIpc) is 3.17. The number of halogens is 2. The predicted octanol–water partition coefficient (Wildman–Crippen LogP) is 5.11. The molecule has 7 nitrogen and oxygen atoms in total. The lowest BCUT2D eigenvalue weighted by Gasteiger charge is -2.12. The lowest BCUT2D eigenvalue weighted by molar-refractivity contribution is -0.143. The molecule has 0 saturated carbocycles. The number of benzene rings is 2. The van der Waals surface area contributed by atoms with E-state index < -0.39 is 0 Å². The summed E-state index contributed by atoms with van der Waals surface area (Å²) in [4.78, 5) is 20.5. The molecule has 2 aromatic heterocycles. The average molecular weight is 455 g/mol. The van der Waals surface area contributed by atoms with Gasteiger partial charge in [-0.15, -0.1) is 0 Å². The van der Waals surface area contributed by atoms with E-state index in [0.29, 0.717) is 45.5 Å². The highest BCUT2D eigenvalue weighted by Crippen LogP contribution is 2.31. The zero-order valence-corrected chi connectivity index (χ0v) is 18.0. The van der Waals surface area contributed by atoms with E-state index in [9.17, 15) is 9.18 Å². The normalized spacial score (nSPS) is 10.8. The topological polar surface area (TPSA) is 78.3 Å². The molecule has 0 fully saturated rings. The van der Waals surface area contributed by atoms with Crippen LogP contribution in [0.25, 0.3) is 11.0 Å². The number of aromatic nitrogens is 3. The van der Waals surface area contributed by atoms with Gasteiger partial charge in [-0.3, -0.25) is 4.79 Å². The Morgan fingerprint density at radius 3 is 2.84 bits per heavy atom. The van der Waals surface area contributed by atoms with Gasteiger partial charge in [0.15, 0.2) is 5.82 Å². The second-order valence-electron chi connectivity index (χ2n) is 6.89. The van der Waals surface area contributed by atoms with Crippen LogP contribution < -0.4 is 10.1 Å². The molecule has 0 aliphatic carbocycles. The third-order valence-electron chi connectivity index (χ3n) is 4.63. The summed E-state index contributed by atoms with van der Waals surface area (Å²) in [7, 11) is 0. The Labute approximate surface area is 188 Å². The van der Waals surface area contributed by atoms with Crippen molar-refractivity contribution in [2.24, 2.45) is 0 Å². The van der Waals surface area contributed by atoms with Crippen LogP contribution in [0.1, 0.15) is 12.5 Å². The number of rotatable bonds is 8. The van der Waals surface area contributed by atoms with Gasteiger partial charge < -0.3 is 19.4 Å². The van der Waals surface area contributed by atoms with Crippen LogP contribution in [0.15, 0.2) is 61.1 Å². The number of esters is 1. The Balaban J connectivity index is 1.52. The second-order valence-corrected chi connectivity index (χ2v) is 7.30. The molecule has 0 aliphatic heterocycles. The second kappa shape index (κ2) is 9.65. The van der Waals surface area contributed by atoms with Crippen molar-refractivity contribution < 1.29 is 18.7 Å². The molecule has 0 bridgehead atoms. The van der Waals surface area contributed by atoms with Crippen molar-refractivity contribution in [3.8, 4) is 5.75 Å². The highest BCUT2D eigenvalue weighted by molar-refractivity contribution is 6.32. The molecule has 0 unspecified atom stereocenters. The summed E-state index contributed by atoms with van der Waals surface area (Å²) in [5.41, 5.74) is 2.74. The van der Waals surface area contributed by atoms with Gasteiger partial charge in [0.1, 0.15) is 36.6 Å². The predicted molar refractivity (Wildman–Crippen MR) is 120 cm³/mol. The first-order valence-electron chi connectivity index (χ1n) is 9.92. The van der Waals surface area contributed by atoms with E-state index in [1.807, 2.05) is 0 Å². The number of hydrogen-bond acceptors (Lipinski definition) is 6. The van der Waals surface area contributed by atoms with E-state index in [1.54, 1.807) is 54.1 Å². The molecule has 0 amide bonds. The Bertz CT molecular complexity index is 1260. The van der Waals surface area contributed by atoms with Crippen molar-refractivity contribution in [2.45, 2.75) is 20.1 Å². The molecule has 164 valence electrons. The Kier molecular flexibility index (Phi) is 6.51. The monoisotopic (exact) mass is 454 g/mol. The van der Waals surface area contributed by atoms with Crippen molar-refractivity contribution in [2.75, 3.05) is 11.9 Å². The summed E-state index contributed by atoms with van der Waals surface area (Å²) in [5.74, 6) is 0.331. The highest BCUT2D eigenvalue weighted by Gasteiger charge is 2.13. The largest absolute Gasteiger partial charge is 0.487 e. The van der Waals surface area contributed by atoms with Crippen LogP contribution in [-0.2, 0) is 22.7 Å². The molecule has 0 atom stereocenters. The van der Waals surface area contributed by atoms with E-state index in [2.05, 4.69) is 15.3 Å². The van der Waals surface area contributed by atoms with Crippen LogP contribution >= 0.6 is 11.6 Å². The van der Waals surface area contributed by atoms with Crippen molar-refractivity contribution in [3.63, 3.8) is 0 Å². The van der Waals surface area contributed by atoms with Crippen LogP contribution in [-0.4, -0.2) is 27.1 Å². The molecule has 0 aliphatic rings. The number of nitrogens with zero attached hydrogens (tertiary/aromatic N) is 3. The zero-order chi connectivity index (χ0) is 22.5. The minimum absolute atomic E-state index is 0.0486. The Morgan fingerprint density at radius 1 is 1.19 bits per heavy atom. The van der Waals surface area contributed by atoms with Gasteiger partial charge >= 0.3 is 5.97 Å². The third-order valence-corrected chi connectivity index (χ3v) is 4.93. The molecule has 0 radical (unpaired) electrons. The van der Waals surface area contributed by atoms with Gasteiger partial charge in [0, 0.05) is 11.9 Å². The Morgan fingerprint density at radius 2 is 2.06 bits per heavy atom. The fraction of sp³-hybridized carbons (Fsp3) is 0.174. The molecule has 2 heterocycles. The minimum Gasteiger partial charge on any atom is -0.487 e. The number of hydrogen-bond donors (Lipinski definition) is 1. The summed E-state index contributed by atoms with van der Waals surface area (Å²) in [6, 6.07) is 13.2. The lowest BCUT2D eigenvalue weighted by atomic mass is 10.2. The fourth-order valence-corrected chi connectivity index (χ4v) is 3.46. The van der Waals surface area contributed by atoms with E-state index in [1.165, 1.54) is 18.5 Å². The first-order valence-corrected chi connectivity index (χ1v) is 10.3. The van der Waals surface area contributed by atoms with Crippen molar-refractivity contribution in [3.05, 3.63) is 77.5 Å². The first kappa shape index (κ1) is 21.6. The standard InChI is InChI=1S/C23H20ClFN4O3/c1-2-31-21(30)12-29-9-8-19-22(29)23(27-14-26-19)28-17-6-7-20(18(24)11-17)32-13-15-4-3-5-16(25)10-15/h3-11,14H,2,12-13H2,1H3,(H,26,27,28). The number of nitrogens with one attached hydrogen (secondary N) is 1. The molecular formula is C23H20ClFN4O3. The van der Waals surface area contributed by atoms with Crippen molar-refractivity contribution in [1.29, 1.82) is 0 Å². The van der Waals surface area contributed by atoms with E-state index in [4.69, 9.17) is 21.1 Å². The molecule has 0 spiro atoms. The van der Waals surface area contributed by atoms with Crippen LogP contribution in [0, 0.1) is 5.82 Å². The summed E-state index contributed by atoms with van der Waals surface area (Å²) in [5, 5.41) is 3.60. The number of fused-ring (bicyclic) bond motifs is 1. The molecular weight excluding hydrogens is 435 g/mol. The van der Waals surface area contributed by atoms with Crippen molar-refractivity contribution >= 4 is 40.1 Å². The van der Waals surface area contributed by atoms with Gasteiger partial charge in [0.25, 0.3) is 0 Å². The number of ether oxygens (including phenoxy) is 2. The maximum Gasteiger partial charge on any atom is 0.325 e. The Hall–Kier alpha value is -3.65. The summed E-state index contributed by atoms with van der Waals surface area (Å²) < 4.78 is 25.8. The van der Waals surface area contributed by atoms with E-state index in [-0.39, 0.29) is 24.9 Å². The molecule has 0 saturated heterocycles. The van der Waals surface area contributed by atoms with Gasteiger partial charge in [-0.2, -0.15) is 0 Å². The third kappa shape index (κ3) is 4.97. The van der Waals surface area contributed by atoms with Gasteiger partial charge in [-0.05, 0) is 48.9 Å². The summed E-state index contributed by atoms with van der Waals surface area (Å²) >= 11 is 6.39.